The van der Waals surface area contributed by atoms with Crippen LogP contribution in [0.15, 0.2) is 24.3 Å². The van der Waals surface area contributed by atoms with Crippen molar-refractivity contribution < 1.29 is 0 Å². The number of benzene rings is 1. The highest BCUT2D eigenvalue weighted by atomic mass is 35.5. The van der Waals surface area contributed by atoms with Crippen LogP contribution in [0.3, 0.4) is 0 Å². The van der Waals surface area contributed by atoms with Crippen LogP contribution < -0.4 is 4.90 Å². The summed E-state index contributed by atoms with van der Waals surface area (Å²) < 4.78 is 0. The molecule has 0 aliphatic heterocycles. The number of aryl methyl sites for hydroxylation is 1. The molecule has 0 aliphatic carbocycles. The van der Waals surface area contributed by atoms with Gasteiger partial charge in [0.1, 0.15) is 0 Å². The molecule has 1 heterocycles. The summed E-state index contributed by atoms with van der Waals surface area (Å²) in [4.78, 5) is 2.14. The highest BCUT2D eigenvalue weighted by Crippen LogP contribution is 2.29. The molecule has 2 aromatic rings. The van der Waals surface area contributed by atoms with Crippen LogP contribution in [-0.4, -0.2) is 16.7 Å². The Morgan fingerprint density at radius 3 is 2.21 bits per heavy atom. The molecule has 0 N–H and O–H groups in total. The van der Waals surface area contributed by atoms with Gasteiger partial charge in [-0.25, -0.2) is 0 Å². The molecule has 3 nitrogen and oxygen atoms in total. The minimum Gasteiger partial charge on any atom is -0.325 e. The van der Waals surface area contributed by atoms with Gasteiger partial charge in [-0.1, -0.05) is 29.3 Å². The van der Waals surface area contributed by atoms with Crippen molar-refractivity contribution in [2.45, 2.75) is 27.7 Å². The highest BCUT2D eigenvalue weighted by Gasteiger charge is 2.15. The lowest BCUT2D eigenvalue weighted by Gasteiger charge is -2.24. The number of aromatic nitrogens is 2. The van der Waals surface area contributed by atoms with E-state index in [0.717, 1.165) is 29.2 Å². The molecule has 100 valence electrons. The van der Waals surface area contributed by atoms with Crippen molar-refractivity contribution in [2.24, 2.45) is 0 Å². The van der Waals surface area contributed by atoms with Gasteiger partial charge in [0.15, 0.2) is 11.0 Å². The first-order valence-electron chi connectivity index (χ1n) is 6.38. The maximum atomic E-state index is 6.01. The second-order valence-electron chi connectivity index (χ2n) is 4.64. The molecule has 0 fully saturated rings. The van der Waals surface area contributed by atoms with Gasteiger partial charge >= 0.3 is 0 Å². The normalized spacial score (nSPS) is 10.6. The van der Waals surface area contributed by atoms with E-state index >= 15 is 0 Å². The Morgan fingerprint density at radius 1 is 1.00 bits per heavy atom. The molecule has 0 radical (unpaired) electrons. The van der Waals surface area contributed by atoms with E-state index in [1.165, 1.54) is 5.56 Å². The molecule has 4 heteroatoms. The van der Waals surface area contributed by atoms with E-state index in [9.17, 15) is 0 Å². The molecular formula is C15H18ClN3. The number of hydrogen-bond donors (Lipinski definition) is 0. The molecule has 0 saturated heterocycles. The zero-order chi connectivity index (χ0) is 14.0. The molecule has 0 unspecified atom stereocenters. The first-order valence-corrected chi connectivity index (χ1v) is 6.76. The van der Waals surface area contributed by atoms with Crippen molar-refractivity contribution in [1.29, 1.82) is 0 Å². The number of rotatable bonds is 3. The molecule has 1 aromatic heterocycles. The Hall–Kier alpha value is -1.61. The first kappa shape index (κ1) is 13.8. The second kappa shape index (κ2) is 5.57. The van der Waals surface area contributed by atoms with Gasteiger partial charge in [-0.2, -0.15) is 0 Å². The number of anilines is 2. The Labute approximate surface area is 119 Å². The van der Waals surface area contributed by atoms with Gasteiger partial charge in [0, 0.05) is 12.2 Å². The summed E-state index contributed by atoms with van der Waals surface area (Å²) in [7, 11) is 0. The first-order chi connectivity index (χ1) is 9.04. The summed E-state index contributed by atoms with van der Waals surface area (Å²) in [6, 6.07) is 8.40. The lowest BCUT2D eigenvalue weighted by atomic mass is 10.1. The van der Waals surface area contributed by atoms with Crippen LogP contribution in [0.25, 0.3) is 0 Å². The van der Waals surface area contributed by atoms with Crippen molar-refractivity contribution >= 4 is 23.1 Å². The summed E-state index contributed by atoms with van der Waals surface area (Å²) >= 11 is 6.01. The summed E-state index contributed by atoms with van der Waals surface area (Å²) in [5.74, 6) is 0.869. The lowest BCUT2D eigenvalue weighted by Crippen LogP contribution is -2.19. The zero-order valence-electron chi connectivity index (χ0n) is 11.7. The third-order valence-corrected chi connectivity index (χ3v) is 3.72. The molecule has 0 bridgehead atoms. The zero-order valence-corrected chi connectivity index (χ0v) is 12.5. The standard InChI is InChI=1S/C15H18ClN3/c1-5-19(13-8-6-10(2)7-9-13)15-12(4)11(3)14(16)17-18-15/h6-9H,5H2,1-4H3. The van der Waals surface area contributed by atoms with Crippen LogP contribution >= 0.6 is 11.6 Å². The van der Waals surface area contributed by atoms with Gasteiger partial charge < -0.3 is 4.90 Å². The fourth-order valence-electron chi connectivity index (χ4n) is 2.00. The lowest BCUT2D eigenvalue weighted by molar-refractivity contribution is 0.911. The van der Waals surface area contributed by atoms with Gasteiger partial charge in [0.05, 0.1) is 0 Å². The Morgan fingerprint density at radius 2 is 1.63 bits per heavy atom. The van der Waals surface area contributed by atoms with Crippen LogP contribution in [0.5, 0.6) is 0 Å². The summed E-state index contributed by atoms with van der Waals surface area (Å²) in [5, 5.41) is 8.75. The predicted octanol–water partition coefficient (Wildman–Crippen LogP) is 4.21. The van der Waals surface area contributed by atoms with Crippen molar-refractivity contribution in [3.8, 4) is 0 Å². The number of halogens is 1. The van der Waals surface area contributed by atoms with Gasteiger partial charge in [0.25, 0.3) is 0 Å². The summed E-state index contributed by atoms with van der Waals surface area (Å²) in [6.07, 6.45) is 0. The highest BCUT2D eigenvalue weighted by molar-refractivity contribution is 6.30. The monoisotopic (exact) mass is 275 g/mol. The minimum absolute atomic E-state index is 0.473. The van der Waals surface area contributed by atoms with Crippen molar-refractivity contribution in [2.75, 3.05) is 11.4 Å². The maximum absolute atomic E-state index is 6.01. The Kier molecular flexibility index (Phi) is 4.05. The molecule has 2 rings (SSSR count). The molecule has 1 aromatic carbocycles. The fraction of sp³-hybridized carbons (Fsp3) is 0.333. The molecule has 0 spiro atoms. The van der Waals surface area contributed by atoms with E-state index in [0.29, 0.717) is 5.15 Å². The van der Waals surface area contributed by atoms with E-state index in [2.05, 4.69) is 53.2 Å². The third kappa shape index (κ3) is 2.71. The van der Waals surface area contributed by atoms with Gasteiger partial charge in [-0.15, -0.1) is 10.2 Å². The van der Waals surface area contributed by atoms with Crippen LogP contribution in [0.4, 0.5) is 11.5 Å². The maximum Gasteiger partial charge on any atom is 0.158 e. The SMILES string of the molecule is CCN(c1ccc(C)cc1)c1nnc(Cl)c(C)c1C. The van der Waals surface area contributed by atoms with Crippen LogP contribution in [0.1, 0.15) is 23.6 Å². The average Bonchev–Trinajstić information content (AvgIpc) is 2.41. The molecule has 0 saturated carbocycles. The van der Waals surface area contributed by atoms with Crippen LogP contribution in [0.2, 0.25) is 5.15 Å². The Bertz CT molecular complexity index is 579. The van der Waals surface area contributed by atoms with Crippen LogP contribution in [0, 0.1) is 20.8 Å². The molecule has 19 heavy (non-hydrogen) atoms. The van der Waals surface area contributed by atoms with Gasteiger partial charge in [-0.3, -0.25) is 0 Å². The third-order valence-electron chi connectivity index (χ3n) is 3.36. The van der Waals surface area contributed by atoms with E-state index in [4.69, 9.17) is 11.6 Å². The van der Waals surface area contributed by atoms with E-state index in [-0.39, 0.29) is 0 Å². The molecule has 0 aliphatic rings. The van der Waals surface area contributed by atoms with E-state index in [1.807, 2.05) is 13.8 Å². The predicted molar refractivity (Wildman–Crippen MR) is 80.4 cm³/mol. The summed E-state index contributed by atoms with van der Waals surface area (Å²) in [6.45, 7) is 9.02. The molecular weight excluding hydrogens is 258 g/mol. The minimum atomic E-state index is 0.473. The fourth-order valence-corrected chi connectivity index (χ4v) is 2.18. The smallest absolute Gasteiger partial charge is 0.158 e. The topological polar surface area (TPSA) is 29.0 Å². The largest absolute Gasteiger partial charge is 0.325 e. The average molecular weight is 276 g/mol. The quantitative estimate of drug-likeness (QED) is 0.840. The van der Waals surface area contributed by atoms with Crippen molar-refractivity contribution in [3.63, 3.8) is 0 Å². The van der Waals surface area contributed by atoms with Crippen molar-refractivity contribution in [1.82, 2.24) is 10.2 Å². The van der Waals surface area contributed by atoms with E-state index < -0.39 is 0 Å². The second-order valence-corrected chi connectivity index (χ2v) is 5.00. The number of nitrogens with zero attached hydrogens (tertiary/aromatic N) is 3. The molecule has 0 atom stereocenters. The number of hydrogen-bond acceptors (Lipinski definition) is 3. The van der Waals surface area contributed by atoms with Crippen LogP contribution in [-0.2, 0) is 0 Å². The van der Waals surface area contributed by atoms with Crippen molar-refractivity contribution in [3.05, 3.63) is 46.1 Å². The summed E-state index contributed by atoms with van der Waals surface area (Å²) in [5.41, 5.74) is 4.42. The Balaban J connectivity index is 2.48. The van der Waals surface area contributed by atoms with Gasteiger partial charge in [0.2, 0.25) is 0 Å². The van der Waals surface area contributed by atoms with Gasteiger partial charge in [-0.05, 0) is 51.0 Å². The van der Waals surface area contributed by atoms with E-state index in [1.54, 1.807) is 0 Å². The molecule has 0 amide bonds.